The highest BCUT2D eigenvalue weighted by Crippen LogP contribution is 2.16. The minimum atomic E-state index is -3.28. The fourth-order valence-electron chi connectivity index (χ4n) is 5.04. The summed E-state index contributed by atoms with van der Waals surface area (Å²) in [5, 5.41) is 3.04. The molecule has 1 aliphatic heterocycles. The molecule has 1 aliphatic rings. The van der Waals surface area contributed by atoms with Gasteiger partial charge >= 0.3 is 0 Å². The molecule has 1 fully saturated rings. The van der Waals surface area contributed by atoms with Crippen LogP contribution in [0.3, 0.4) is 0 Å². The number of carbonyl (C=O) groups is 1. The first kappa shape index (κ1) is 33.5. The molecule has 0 bridgehead atoms. The monoisotopic (exact) mass is 566 g/mol. The lowest BCUT2D eigenvalue weighted by molar-refractivity contribution is 0.0952. The lowest BCUT2D eigenvalue weighted by Gasteiger charge is -2.37. The Morgan fingerprint density at radius 2 is 1.36 bits per heavy atom. The van der Waals surface area contributed by atoms with Crippen LogP contribution in [0.1, 0.15) is 114 Å². The molecule has 0 atom stereocenters. The first-order valence-electron chi connectivity index (χ1n) is 15.3. The fraction of sp³-hybridized carbons (Fsp3) is 0.800. The second-order valence-corrected chi connectivity index (χ2v) is 12.9. The molecule has 0 unspecified atom stereocenters. The van der Waals surface area contributed by atoms with Crippen molar-refractivity contribution >= 4 is 21.8 Å². The smallest absolute Gasteiger partial charge is 0.264 e. The summed E-state index contributed by atoms with van der Waals surface area (Å²) >= 11 is 0. The molecule has 0 saturated carbocycles. The van der Waals surface area contributed by atoms with E-state index in [1.807, 2.05) is 12.1 Å². The Bertz CT molecular complexity index is 885. The lowest BCUT2D eigenvalue weighted by atomic mass is 10.0. The maximum Gasteiger partial charge on any atom is 0.264 e. The molecule has 0 aromatic carbocycles. The number of unbranched alkanes of at least 4 members (excludes halogenated alkanes) is 13. The van der Waals surface area contributed by atoms with Gasteiger partial charge in [0, 0.05) is 45.0 Å². The fourth-order valence-corrected chi connectivity index (χ4v) is 5.46. The summed E-state index contributed by atoms with van der Waals surface area (Å²) in [6.07, 6.45) is 19.6. The maximum atomic E-state index is 12.4. The van der Waals surface area contributed by atoms with E-state index in [1.54, 1.807) is 6.20 Å². The number of aromatic nitrogens is 1. The SMILES string of the molecule is CC(C)N1CCN(c2ccc(C(=O)NCCCCCCCCCCCCCCCCOS(C)(=O)=O)cn2)CC1. The Balaban J connectivity index is 1.37. The van der Waals surface area contributed by atoms with Crippen molar-refractivity contribution in [3.63, 3.8) is 0 Å². The van der Waals surface area contributed by atoms with E-state index in [2.05, 4.69) is 33.9 Å². The zero-order valence-corrected chi connectivity index (χ0v) is 25.7. The summed E-state index contributed by atoms with van der Waals surface area (Å²) in [7, 11) is -3.28. The number of anilines is 1. The molecule has 1 aromatic rings. The predicted octanol–water partition coefficient (Wildman–Crippen LogP) is 5.78. The highest BCUT2D eigenvalue weighted by molar-refractivity contribution is 7.85. The minimum absolute atomic E-state index is 0.0281. The quantitative estimate of drug-likeness (QED) is 0.149. The maximum absolute atomic E-state index is 12.4. The second kappa shape index (κ2) is 19.4. The molecule has 0 aliphatic carbocycles. The van der Waals surface area contributed by atoms with Gasteiger partial charge in [0.25, 0.3) is 16.0 Å². The summed E-state index contributed by atoms with van der Waals surface area (Å²) in [5.41, 5.74) is 0.638. The third-order valence-corrected chi connectivity index (χ3v) is 8.13. The number of piperazine rings is 1. The predicted molar refractivity (Wildman–Crippen MR) is 161 cm³/mol. The third kappa shape index (κ3) is 15.6. The van der Waals surface area contributed by atoms with E-state index in [-0.39, 0.29) is 5.91 Å². The van der Waals surface area contributed by atoms with Crippen molar-refractivity contribution in [3.8, 4) is 0 Å². The summed E-state index contributed by atoms with van der Waals surface area (Å²) in [6.45, 7) is 9.59. The molecule has 1 saturated heterocycles. The Labute approximate surface area is 238 Å². The number of amides is 1. The third-order valence-electron chi connectivity index (χ3n) is 7.53. The molecule has 2 heterocycles. The van der Waals surface area contributed by atoms with Crippen LogP contribution in [0.5, 0.6) is 0 Å². The van der Waals surface area contributed by atoms with E-state index in [0.29, 0.717) is 18.2 Å². The van der Waals surface area contributed by atoms with Crippen molar-refractivity contribution in [3.05, 3.63) is 23.9 Å². The van der Waals surface area contributed by atoms with Crippen molar-refractivity contribution < 1.29 is 17.4 Å². The van der Waals surface area contributed by atoms with Crippen molar-refractivity contribution in [2.24, 2.45) is 0 Å². The van der Waals surface area contributed by atoms with Crippen LogP contribution in [0.4, 0.5) is 5.82 Å². The number of pyridine rings is 1. The molecule has 0 radical (unpaired) electrons. The molecular formula is C30H54N4O4S. The topological polar surface area (TPSA) is 91.8 Å². The van der Waals surface area contributed by atoms with Crippen LogP contribution in [-0.2, 0) is 14.3 Å². The van der Waals surface area contributed by atoms with E-state index >= 15 is 0 Å². The van der Waals surface area contributed by atoms with E-state index < -0.39 is 10.1 Å². The molecule has 224 valence electrons. The molecule has 1 aromatic heterocycles. The van der Waals surface area contributed by atoms with E-state index in [4.69, 9.17) is 4.18 Å². The van der Waals surface area contributed by atoms with Gasteiger partial charge in [-0.2, -0.15) is 8.42 Å². The van der Waals surface area contributed by atoms with Crippen LogP contribution in [0.15, 0.2) is 18.3 Å². The highest BCUT2D eigenvalue weighted by Gasteiger charge is 2.19. The van der Waals surface area contributed by atoms with Gasteiger partial charge < -0.3 is 10.2 Å². The Hall–Kier alpha value is -1.71. The number of hydrogen-bond acceptors (Lipinski definition) is 7. The van der Waals surface area contributed by atoms with E-state index in [1.165, 1.54) is 57.8 Å². The van der Waals surface area contributed by atoms with Crippen LogP contribution in [0.25, 0.3) is 0 Å². The first-order chi connectivity index (χ1) is 18.8. The molecule has 8 nitrogen and oxygen atoms in total. The van der Waals surface area contributed by atoms with Gasteiger partial charge in [-0.3, -0.25) is 13.9 Å². The van der Waals surface area contributed by atoms with Crippen molar-refractivity contribution in [1.82, 2.24) is 15.2 Å². The van der Waals surface area contributed by atoms with Gasteiger partial charge in [-0.25, -0.2) is 4.98 Å². The molecule has 2 rings (SSSR count). The van der Waals surface area contributed by atoms with E-state index in [0.717, 1.165) is 76.9 Å². The molecule has 9 heteroatoms. The highest BCUT2D eigenvalue weighted by atomic mass is 32.2. The number of hydrogen-bond donors (Lipinski definition) is 1. The van der Waals surface area contributed by atoms with Gasteiger partial charge in [0.05, 0.1) is 18.4 Å². The van der Waals surface area contributed by atoms with Crippen molar-refractivity contribution in [1.29, 1.82) is 0 Å². The van der Waals surface area contributed by atoms with Crippen LogP contribution in [-0.4, -0.2) is 75.8 Å². The van der Waals surface area contributed by atoms with Crippen LogP contribution in [0.2, 0.25) is 0 Å². The van der Waals surface area contributed by atoms with Crippen LogP contribution < -0.4 is 10.2 Å². The Kier molecular flexibility index (Phi) is 16.6. The average Bonchev–Trinajstić information content (AvgIpc) is 2.91. The minimum Gasteiger partial charge on any atom is -0.354 e. The van der Waals surface area contributed by atoms with Crippen LogP contribution >= 0.6 is 0 Å². The summed E-state index contributed by atoms with van der Waals surface area (Å²) in [6, 6.07) is 4.45. The molecule has 1 N–H and O–H groups in total. The van der Waals surface area contributed by atoms with Gasteiger partial charge in [0.15, 0.2) is 0 Å². The van der Waals surface area contributed by atoms with Crippen LogP contribution in [0, 0.1) is 0 Å². The summed E-state index contributed by atoms with van der Waals surface area (Å²) in [5.74, 6) is 0.932. The first-order valence-corrected chi connectivity index (χ1v) is 17.2. The van der Waals surface area contributed by atoms with Gasteiger partial charge in [0.1, 0.15) is 5.82 Å². The summed E-state index contributed by atoms with van der Waals surface area (Å²) < 4.78 is 26.5. The number of nitrogens with one attached hydrogen (secondary N) is 1. The lowest BCUT2D eigenvalue weighted by Crippen LogP contribution is -2.49. The zero-order valence-electron chi connectivity index (χ0n) is 24.8. The average molecular weight is 567 g/mol. The number of nitrogens with zero attached hydrogens (tertiary/aromatic N) is 3. The zero-order chi connectivity index (χ0) is 28.3. The standard InChI is InChI=1S/C30H54N4O4S/c1-27(2)33-21-23-34(24-22-33)29-19-18-28(26-32-29)30(35)31-20-16-14-12-10-8-6-4-5-7-9-11-13-15-17-25-38-39(3,36)37/h18-19,26-27H,4-17,20-25H2,1-3H3,(H,31,35). The van der Waals surface area contributed by atoms with Crippen molar-refractivity contribution in [2.75, 3.05) is 50.5 Å². The number of carbonyl (C=O) groups excluding carboxylic acids is 1. The second-order valence-electron chi connectivity index (χ2n) is 11.3. The van der Waals surface area contributed by atoms with Gasteiger partial charge in [-0.05, 0) is 38.8 Å². The van der Waals surface area contributed by atoms with Gasteiger partial charge in [-0.1, -0.05) is 77.0 Å². The normalized spacial score (nSPS) is 14.7. The van der Waals surface area contributed by atoms with E-state index in [9.17, 15) is 13.2 Å². The van der Waals surface area contributed by atoms with Gasteiger partial charge in [-0.15, -0.1) is 0 Å². The molecule has 0 spiro atoms. The largest absolute Gasteiger partial charge is 0.354 e. The molecule has 1 amide bonds. The number of rotatable bonds is 21. The molecular weight excluding hydrogens is 512 g/mol. The summed E-state index contributed by atoms with van der Waals surface area (Å²) in [4.78, 5) is 21.8. The molecule has 39 heavy (non-hydrogen) atoms. The Morgan fingerprint density at radius 1 is 0.846 bits per heavy atom. The van der Waals surface area contributed by atoms with Gasteiger partial charge in [0.2, 0.25) is 0 Å². The Morgan fingerprint density at radius 3 is 1.82 bits per heavy atom. The van der Waals surface area contributed by atoms with Crippen molar-refractivity contribution in [2.45, 2.75) is 110 Å².